The predicted molar refractivity (Wildman–Crippen MR) is 111 cm³/mol. The Bertz CT molecular complexity index is 995. The summed E-state index contributed by atoms with van der Waals surface area (Å²) < 4.78 is 5.38. The molecule has 1 fully saturated rings. The van der Waals surface area contributed by atoms with Gasteiger partial charge in [-0.25, -0.2) is 4.98 Å². The molecule has 0 aliphatic carbocycles. The van der Waals surface area contributed by atoms with E-state index in [2.05, 4.69) is 20.6 Å². The van der Waals surface area contributed by atoms with E-state index in [1.54, 1.807) is 6.20 Å². The van der Waals surface area contributed by atoms with Crippen molar-refractivity contribution in [2.75, 3.05) is 25.1 Å². The molecule has 0 radical (unpaired) electrons. The van der Waals surface area contributed by atoms with Gasteiger partial charge in [-0.15, -0.1) is 0 Å². The number of nitrogens with one attached hydrogen (secondary N) is 3. The number of carbonyl (C=O) groups excluding carboxylic acids is 1. The summed E-state index contributed by atoms with van der Waals surface area (Å²) in [5, 5.41) is 7.87. The molecular weight excluding hydrogens is 376 g/mol. The van der Waals surface area contributed by atoms with Crippen LogP contribution in [-0.4, -0.2) is 35.6 Å². The Balaban J connectivity index is 1.58. The van der Waals surface area contributed by atoms with Gasteiger partial charge < -0.3 is 20.4 Å². The molecule has 146 valence electrons. The fourth-order valence-corrected chi connectivity index (χ4v) is 3.76. The number of aromatic amines is 1. The second-order valence-electron chi connectivity index (χ2n) is 7.14. The zero-order valence-corrected chi connectivity index (χ0v) is 16.5. The van der Waals surface area contributed by atoms with E-state index in [1.807, 2.05) is 37.4 Å². The van der Waals surface area contributed by atoms with E-state index >= 15 is 0 Å². The fourth-order valence-electron chi connectivity index (χ4n) is 3.57. The molecular formula is C21H23ClN4O2. The van der Waals surface area contributed by atoms with Gasteiger partial charge in [-0.1, -0.05) is 17.7 Å². The highest BCUT2D eigenvalue weighted by Gasteiger charge is 2.19. The van der Waals surface area contributed by atoms with Gasteiger partial charge in [0.2, 0.25) is 0 Å². The van der Waals surface area contributed by atoms with Crippen molar-refractivity contribution < 1.29 is 9.53 Å². The Kier molecular flexibility index (Phi) is 5.50. The molecule has 6 nitrogen and oxygen atoms in total. The molecule has 3 aromatic rings. The third kappa shape index (κ3) is 3.98. The molecule has 1 amide bonds. The number of nitrogens with zero attached hydrogens (tertiary/aromatic N) is 1. The van der Waals surface area contributed by atoms with Crippen molar-refractivity contribution in [1.82, 2.24) is 15.3 Å². The first kappa shape index (κ1) is 18.8. The first-order chi connectivity index (χ1) is 13.6. The van der Waals surface area contributed by atoms with Crippen LogP contribution in [0.5, 0.6) is 0 Å². The Labute approximate surface area is 168 Å². The largest absolute Gasteiger partial charge is 0.381 e. The van der Waals surface area contributed by atoms with E-state index in [9.17, 15) is 4.79 Å². The van der Waals surface area contributed by atoms with E-state index in [4.69, 9.17) is 16.3 Å². The van der Waals surface area contributed by atoms with Gasteiger partial charge in [0, 0.05) is 48.2 Å². The molecule has 4 rings (SSSR count). The number of amides is 1. The number of benzene rings is 1. The number of rotatable bonds is 5. The standard InChI is InChI=1S/C21H23ClN4O2/c1-13-10-23-19-18(13)17(21(27)25-11-14-5-7-28-8-6-14)12-24-20(19)26-16-4-2-3-15(22)9-16/h2-4,9-10,12,14,23H,5-8,11H2,1H3,(H,24,26)(H,25,27). The van der Waals surface area contributed by atoms with Crippen molar-refractivity contribution in [2.45, 2.75) is 19.8 Å². The average Bonchev–Trinajstić information content (AvgIpc) is 3.10. The number of hydrogen-bond donors (Lipinski definition) is 3. The summed E-state index contributed by atoms with van der Waals surface area (Å²) in [5.41, 5.74) is 3.22. The Morgan fingerprint density at radius 2 is 2.18 bits per heavy atom. The topological polar surface area (TPSA) is 79.0 Å². The Hall–Kier alpha value is -2.57. The number of H-pyrrole nitrogens is 1. The third-order valence-corrected chi connectivity index (χ3v) is 5.37. The number of pyridine rings is 1. The maximum atomic E-state index is 12.8. The molecule has 0 spiro atoms. The van der Waals surface area contributed by atoms with Crippen molar-refractivity contribution in [3.05, 3.63) is 52.8 Å². The van der Waals surface area contributed by atoms with Crippen molar-refractivity contribution >= 4 is 39.9 Å². The summed E-state index contributed by atoms with van der Waals surface area (Å²) in [7, 11) is 0. The Morgan fingerprint density at radius 1 is 1.36 bits per heavy atom. The lowest BCUT2D eigenvalue weighted by Crippen LogP contribution is -2.32. The molecule has 0 unspecified atom stereocenters. The monoisotopic (exact) mass is 398 g/mol. The van der Waals surface area contributed by atoms with Gasteiger partial charge in [0.05, 0.1) is 11.1 Å². The van der Waals surface area contributed by atoms with E-state index in [0.717, 1.165) is 48.2 Å². The lowest BCUT2D eigenvalue weighted by molar-refractivity contribution is 0.0643. The third-order valence-electron chi connectivity index (χ3n) is 5.13. The molecule has 0 bridgehead atoms. The maximum absolute atomic E-state index is 12.8. The van der Waals surface area contributed by atoms with Crippen LogP contribution in [0.2, 0.25) is 5.02 Å². The lowest BCUT2D eigenvalue weighted by atomic mass is 10.00. The highest BCUT2D eigenvalue weighted by molar-refractivity contribution is 6.30. The van der Waals surface area contributed by atoms with Crippen LogP contribution in [0.1, 0.15) is 28.8 Å². The first-order valence-electron chi connectivity index (χ1n) is 9.47. The zero-order valence-electron chi connectivity index (χ0n) is 15.7. The average molecular weight is 399 g/mol. The van der Waals surface area contributed by atoms with Crippen LogP contribution in [0.15, 0.2) is 36.7 Å². The van der Waals surface area contributed by atoms with Crippen LogP contribution in [0.4, 0.5) is 11.5 Å². The number of carbonyl (C=O) groups is 1. The van der Waals surface area contributed by atoms with Crippen LogP contribution in [0.3, 0.4) is 0 Å². The van der Waals surface area contributed by atoms with Gasteiger partial charge in [0.25, 0.3) is 5.91 Å². The molecule has 28 heavy (non-hydrogen) atoms. The molecule has 2 aromatic heterocycles. The summed E-state index contributed by atoms with van der Waals surface area (Å²) >= 11 is 6.07. The van der Waals surface area contributed by atoms with Crippen LogP contribution in [-0.2, 0) is 4.74 Å². The summed E-state index contributed by atoms with van der Waals surface area (Å²) in [5.74, 6) is 1.03. The quantitative estimate of drug-likeness (QED) is 0.594. The van der Waals surface area contributed by atoms with Crippen molar-refractivity contribution in [3.63, 3.8) is 0 Å². The number of ether oxygens (including phenoxy) is 1. The molecule has 0 saturated carbocycles. The minimum Gasteiger partial charge on any atom is -0.381 e. The molecule has 1 aliphatic rings. The number of hydrogen-bond acceptors (Lipinski definition) is 4. The molecule has 3 heterocycles. The maximum Gasteiger partial charge on any atom is 0.253 e. The van der Waals surface area contributed by atoms with Gasteiger partial charge in [0.1, 0.15) is 0 Å². The Morgan fingerprint density at radius 3 is 2.96 bits per heavy atom. The second-order valence-corrected chi connectivity index (χ2v) is 7.58. The highest BCUT2D eigenvalue weighted by atomic mass is 35.5. The fraction of sp³-hybridized carbons (Fsp3) is 0.333. The van der Waals surface area contributed by atoms with E-state index < -0.39 is 0 Å². The summed E-state index contributed by atoms with van der Waals surface area (Å²) in [6, 6.07) is 7.45. The first-order valence-corrected chi connectivity index (χ1v) is 9.85. The minimum atomic E-state index is -0.0963. The van der Waals surface area contributed by atoms with E-state index in [1.165, 1.54) is 0 Å². The molecule has 1 aromatic carbocycles. The summed E-state index contributed by atoms with van der Waals surface area (Å²) in [6.07, 6.45) is 5.50. The van der Waals surface area contributed by atoms with Crippen LogP contribution >= 0.6 is 11.6 Å². The van der Waals surface area contributed by atoms with Crippen molar-refractivity contribution in [1.29, 1.82) is 0 Å². The van der Waals surface area contributed by atoms with Gasteiger partial charge in [0.15, 0.2) is 5.82 Å². The molecule has 1 saturated heterocycles. The molecule has 0 atom stereocenters. The van der Waals surface area contributed by atoms with Crippen molar-refractivity contribution in [3.8, 4) is 0 Å². The van der Waals surface area contributed by atoms with Crippen LogP contribution in [0, 0.1) is 12.8 Å². The van der Waals surface area contributed by atoms with Gasteiger partial charge in [-0.2, -0.15) is 0 Å². The smallest absolute Gasteiger partial charge is 0.253 e. The van der Waals surface area contributed by atoms with Gasteiger partial charge in [-0.3, -0.25) is 4.79 Å². The van der Waals surface area contributed by atoms with Crippen LogP contribution in [0.25, 0.3) is 10.9 Å². The normalized spacial score (nSPS) is 14.9. The van der Waals surface area contributed by atoms with E-state index in [0.29, 0.717) is 28.9 Å². The zero-order chi connectivity index (χ0) is 19.5. The number of aromatic nitrogens is 2. The SMILES string of the molecule is Cc1c[nH]c2c(Nc3cccc(Cl)c3)ncc(C(=O)NCC3CCOCC3)c12. The second kappa shape index (κ2) is 8.20. The molecule has 3 N–H and O–H groups in total. The minimum absolute atomic E-state index is 0.0963. The number of halogens is 1. The van der Waals surface area contributed by atoms with Gasteiger partial charge >= 0.3 is 0 Å². The summed E-state index contributed by atoms with van der Waals surface area (Å²) in [6.45, 7) is 4.19. The highest BCUT2D eigenvalue weighted by Crippen LogP contribution is 2.29. The number of fused-ring (bicyclic) bond motifs is 1. The predicted octanol–water partition coefficient (Wildman–Crippen LogP) is 4.42. The van der Waals surface area contributed by atoms with Crippen LogP contribution < -0.4 is 10.6 Å². The van der Waals surface area contributed by atoms with Gasteiger partial charge in [-0.05, 0) is 49.4 Å². The number of anilines is 2. The summed E-state index contributed by atoms with van der Waals surface area (Å²) in [4.78, 5) is 20.6. The molecule has 7 heteroatoms. The lowest BCUT2D eigenvalue weighted by Gasteiger charge is -2.22. The van der Waals surface area contributed by atoms with Crippen molar-refractivity contribution in [2.24, 2.45) is 5.92 Å². The molecule has 1 aliphatic heterocycles. The van der Waals surface area contributed by atoms with E-state index in [-0.39, 0.29) is 5.91 Å². The number of aryl methyl sites for hydroxylation is 1.